The highest BCUT2D eigenvalue weighted by Gasteiger charge is 2.33. The lowest BCUT2D eigenvalue weighted by Gasteiger charge is -2.27. The summed E-state index contributed by atoms with van der Waals surface area (Å²) in [5.41, 5.74) is 8.60. The Morgan fingerprint density at radius 2 is 1.91 bits per heavy atom. The molecule has 0 bridgehead atoms. The monoisotopic (exact) mass is 554 g/mol. The van der Waals surface area contributed by atoms with E-state index in [4.69, 9.17) is 36.3 Å². The van der Waals surface area contributed by atoms with Crippen molar-refractivity contribution in [2.75, 3.05) is 13.7 Å². The van der Waals surface area contributed by atoms with Gasteiger partial charge in [-0.3, -0.25) is 0 Å². The van der Waals surface area contributed by atoms with Gasteiger partial charge in [0.25, 0.3) is 0 Å². The van der Waals surface area contributed by atoms with Crippen LogP contribution >= 0.6 is 27.5 Å². The van der Waals surface area contributed by atoms with Crippen LogP contribution in [-0.4, -0.2) is 19.7 Å². The first-order valence-electron chi connectivity index (χ1n) is 10.4. The maximum Gasteiger partial charge on any atom is 0.349 e. The summed E-state index contributed by atoms with van der Waals surface area (Å²) < 4.78 is 23.0. The van der Waals surface area contributed by atoms with E-state index in [1.54, 1.807) is 49.6 Å². The number of nitrogens with zero attached hydrogens (tertiary/aromatic N) is 1. The standard InChI is InChI=1S/C26H20BrClN2O5/c1-14-9-16(5-7-21(14)28)33-13-24(31)34-17-4-6-18-23(11-17)35-26(30)20(12-29)25(18)19-10-15(27)3-8-22(19)32-2/h3-11,25H,13,30H2,1-2H3. The molecule has 0 saturated heterocycles. The largest absolute Gasteiger partial charge is 0.496 e. The molecular weight excluding hydrogens is 536 g/mol. The summed E-state index contributed by atoms with van der Waals surface area (Å²) in [5.74, 6) is 0.558. The lowest BCUT2D eigenvalue weighted by molar-refractivity contribution is -0.136. The number of rotatable bonds is 6. The van der Waals surface area contributed by atoms with Crippen LogP contribution < -0.4 is 24.7 Å². The predicted octanol–water partition coefficient (Wildman–Crippen LogP) is 5.62. The fraction of sp³-hybridized carbons (Fsp3) is 0.154. The number of hydrogen-bond donors (Lipinski definition) is 1. The van der Waals surface area contributed by atoms with Crippen LogP contribution in [-0.2, 0) is 4.79 Å². The van der Waals surface area contributed by atoms with Crippen LogP contribution in [0.15, 0.2) is 70.5 Å². The lowest BCUT2D eigenvalue weighted by atomic mass is 9.83. The molecule has 1 aliphatic heterocycles. The molecule has 0 spiro atoms. The molecule has 3 aromatic carbocycles. The van der Waals surface area contributed by atoms with Gasteiger partial charge in [-0.05, 0) is 55.0 Å². The van der Waals surface area contributed by atoms with Crippen molar-refractivity contribution in [1.29, 1.82) is 5.26 Å². The number of hydrogen-bond acceptors (Lipinski definition) is 7. The van der Waals surface area contributed by atoms with Crippen molar-refractivity contribution >= 4 is 33.5 Å². The molecule has 4 rings (SSSR count). The molecule has 2 N–H and O–H groups in total. The van der Waals surface area contributed by atoms with Gasteiger partial charge >= 0.3 is 5.97 Å². The number of ether oxygens (including phenoxy) is 4. The molecule has 0 aromatic heterocycles. The van der Waals surface area contributed by atoms with E-state index in [9.17, 15) is 10.1 Å². The number of fused-ring (bicyclic) bond motifs is 1. The van der Waals surface area contributed by atoms with E-state index in [-0.39, 0.29) is 23.8 Å². The molecule has 178 valence electrons. The number of halogens is 2. The Hall–Kier alpha value is -3.67. The number of esters is 1. The maximum absolute atomic E-state index is 12.4. The number of methoxy groups -OCH3 is 1. The molecule has 0 radical (unpaired) electrons. The zero-order valence-electron chi connectivity index (χ0n) is 18.8. The summed E-state index contributed by atoms with van der Waals surface area (Å²) >= 11 is 9.49. The summed E-state index contributed by atoms with van der Waals surface area (Å²) in [6.45, 7) is 1.55. The third-order valence-electron chi connectivity index (χ3n) is 5.41. The minimum absolute atomic E-state index is 0.0306. The Bertz CT molecular complexity index is 1380. The number of nitriles is 1. The zero-order chi connectivity index (χ0) is 25.1. The first-order chi connectivity index (χ1) is 16.8. The van der Waals surface area contributed by atoms with Gasteiger partial charge in [0.15, 0.2) is 6.61 Å². The van der Waals surface area contributed by atoms with Crippen molar-refractivity contribution in [3.63, 3.8) is 0 Å². The zero-order valence-corrected chi connectivity index (χ0v) is 21.1. The smallest absolute Gasteiger partial charge is 0.349 e. The van der Waals surface area contributed by atoms with E-state index < -0.39 is 11.9 Å². The molecule has 1 heterocycles. The quantitative estimate of drug-likeness (QED) is 0.311. The van der Waals surface area contributed by atoms with Crippen molar-refractivity contribution in [1.82, 2.24) is 0 Å². The Kier molecular flexibility index (Phi) is 7.20. The third-order valence-corrected chi connectivity index (χ3v) is 6.33. The normalized spacial score (nSPS) is 14.4. The minimum atomic E-state index is -0.597. The Morgan fingerprint density at radius 3 is 2.63 bits per heavy atom. The van der Waals surface area contributed by atoms with Gasteiger partial charge in [-0.25, -0.2) is 4.79 Å². The molecule has 0 amide bonds. The van der Waals surface area contributed by atoms with Gasteiger partial charge in [-0.15, -0.1) is 0 Å². The summed E-state index contributed by atoms with van der Waals surface area (Å²) in [5, 5.41) is 10.4. The second-order valence-corrected chi connectivity index (χ2v) is 9.01. The van der Waals surface area contributed by atoms with Gasteiger partial charge < -0.3 is 24.7 Å². The maximum atomic E-state index is 12.4. The highest BCUT2D eigenvalue weighted by molar-refractivity contribution is 9.10. The van der Waals surface area contributed by atoms with Crippen LogP contribution in [0.1, 0.15) is 22.6 Å². The van der Waals surface area contributed by atoms with E-state index in [2.05, 4.69) is 22.0 Å². The predicted molar refractivity (Wildman–Crippen MR) is 134 cm³/mol. The van der Waals surface area contributed by atoms with Crippen molar-refractivity contribution in [3.05, 3.63) is 92.2 Å². The summed E-state index contributed by atoms with van der Waals surface area (Å²) in [6, 6.07) is 17.7. The molecule has 7 nitrogen and oxygen atoms in total. The second-order valence-electron chi connectivity index (χ2n) is 7.68. The van der Waals surface area contributed by atoms with Gasteiger partial charge in [-0.2, -0.15) is 5.26 Å². The number of benzene rings is 3. The number of nitrogens with two attached hydrogens (primary N) is 1. The summed E-state index contributed by atoms with van der Waals surface area (Å²) in [7, 11) is 1.56. The van der Waals surface area contributed by atoms with E-state index in [1.165, 1.54) is 0 Å². The fourth-order valence-corrected chi connectivity index (χ4v) is 4.26. The van der Waals surface area contributed by atoms with Crippen LogP contribution in [0.2, 0.25) is 5.02 Å². The highest BCUT2D eigenvalue weighted by Crippen LogP contribution is 2.46. The van der Waals surface area contributed by atoms with Crippen LogP contribution in [0.4, 0.5) is 0 Å². The van der Waals surface area contributed by atoms with Gasteiger partial charge in [0.2, 0.25) is 5.88 Å². The van der Waals surface area contributed by atoms with Crippen molar-refractivity contribution in [3.8, 4) is 29.1 Å². The molecule has 1 aliphatic rings. The van der Waals surface area contributed by atoms with E-state index in [0.29, 0.717) is 27.8 Å². The van der Waals surface area contributed by atoms with E-state index >= 15 is 0 Å². The van der Waals surface area contributed by atoms with Crippen molar-refractivity contribution in [2.45, 2.75) is 12.8 Å². The third kappa shape index (κ3) is 5.21. The van der Waals surface area contributed by atoms with E-state index in [1.807, 2.05) is 19.1 Å². The van der Waals surface area contributed by atoms with Gasteiger partial charge in [0, 0.05) is 26.7 Å². The van der Waals surface area contributed by atoms with Crippen molar-refractivity contribution in [2.24, 2.45) is 5.73 Å². The van der Waals surface area contributed by atoms with E-state index in [0.717, 1.165) is 15.6 Å². The summed E-state index contributed by atoms with van der Waals surface area (Å²) in [4.78, 5) is 12.4. The molecule has 1 unspecified atom stereocenters. The lowest BCUT2D eigenvalue weighted by Crippen LogP contribution is -2.22. The molecule has 0 saturated carbocycles. The number of carbonyl (C=O) groups excluding carboxylic acids is 1. The SMILES string of the molecule is COc1ccc(Br)cc1C1C(C#N)=C(N)Oc2cc(OC(=O)COc3ccc(Cl)c(C)c3)ccc21. The van der Waals surface area contributed by atoms with Crippen LogP contribution in [0, 0.1) is 18.3 Å². The number of aryl methyl sites for hydroxylation is 1. The molecule has 9 heteroatoms. The van der Waals surface area contributed by atoms with Gasteiger partial charge in [-0.1, -0.05) is 33.6 Å². The number of allylic oxidation sites excluding steroid dienone is 1. The van der Waals surface area contributed by atoms with Crippen LogP contribution in [0.25, 0.3) is 0 Å². The molecule has 0 aliphatic carbocycles. The van der Waals surface area contributed by atoms with Crippen molar-refractivity contribution < 1.29 is 23.7 Å². The minimum Gasteiger partial charge on any atom is -0.496 e. The van der Waals surface area contributed by atoms with Crippen LogP contribution in [0.5, 0.6) is 23.0 Å². The molecule has 0 fully saturated rings. The molecule has 1 atom stereocenters. The molecule has 3 aromatic rings. The summed E-state index contributed by atoms with van der Waals surface area (Å²) in [6.07, 6.45) is 0. The molecular formula is C26H20BrClN2O5. The fourth-order valence-electron chi connectivity index (χ4n) is 3.76. The molecule has 35 heavy (non-hydrogen) atoms. The average Bonchev–Trinajstić information content (AvgIpc) is 2.83. The van der Waals surface area contributed by atoms with Gasteiger partial charge in [0.1, 0.15) is 34.6 Å². The van der Waals surface area contributed by atoms with Gasteiger partial charge in [0.05, 0.1) is 13.0 Å². The highest BCUT2D eigenvalue weighted by atomic mass is 79.9. The topological polar surface area (TPSA) is 104 Å². The second kappa shape index (κ2) is 10.3. The Balaban J connectivity index is 1.58. The first kappa shape index (κ1) is 24.5. The first-order valence-corrected chi connectivity index (χ1v) is 11.6. The average molecular weight is 556 g/mol. The Morgan fingerprint density at radius 1 is 1.14 bits per heavy atom. The van der Waals surface area contributed by atoms with Crippen LogP contribution in [0.3, 0.4) is 0 Å². The number of carbonyl (C=O) groups is 1. The Labute approximate surface area is 215 Å².